The highest BCUT2D eigenvalue weighted by Crippen LogP contribution is 2.30. The quantitative estimate of drug-likeness (QED) is 0.697. The van der Waals surface area contributed by atoms with Crippen molar-refractivity contribution in [3.05, 3.63) is 23.8 Å². The number of likely N-dealkylation sites (N-methyl/N-ethyl adjacent to an activating group) is 1. The number of nitrogens with zero attached hydrogens (tertiary/aromatic N) is 1. The fraction of sp³-hybridized carbons (Fsp3) is 0.550. The third kappa shape index (κ3) is 5.87. The predicted molar refractivity (Wildman–Crippen MR) is 102 cm³/mol. The average molecular weight is 392 g/mol. The van der Waals surface area contributed by atoms with E-state index < -0.39 is 5.97 Å². The van der Waals surface area contributed by atoms with Gasteiger partial charge in [0.2, 0.25) is 5.91 Å². The summed E-state index contributed by atoms with van der Waals surface area (Å²) in [6.07, 6.45) is 2.27. The lowest BCUT2D eigenvalue weighted by Gasteiger charge is -2.25. The van der Waals surface area contributed by atoms with Gasteiger partial charge in [-0.3, -0.25) is 14.4 Å². The second kappa shape index (κ2) is 9.96. The minimum atomic E-state index is -0.777. The van der Waals surface area contributed by atoms with Crippen LogP contribution in [-0.2, 0) is 20.9 Å². The molecule has 1 aliphatic carbocycles. The number of carboxylic acids is 1. The number of hydrogen-bond acceptors (Lipinski definition) is 5. The lowest BCUT2D eigenvalue weighted by Crippen LogP contribution is -2.34. The standard InChI is InChI=1S/C20H28N2O6/c1-22(2)18(23)12-28-16-9-4-13(10-17(16)27-3)11-21-19(24)14-5-7-15(8-6-14)20(25)26/h4,9-10,14-15H,5-8,11-12H2,1-3H3,(H,21,24)(H,25,26). The zero-order valence-electron chi connectivity index (χ0n) is 16.6. The zero-order valence-corrected chi connectivity index (χ0v) is 16.6. The van der Waals surface area contributed by atoms with Gasteiger partial charge < -0.3 is 24.8 Å². The fourth-order valence-electron chi connectivity index (χ4n) is 3.15. The Morgan fingerprint density at radius 1 is 1.11 bits per heavy atom. The number of aliphatic carboxylic acids is 1. The van der Waals surface area contributed by atoms with Gasteiger partial charge >= 0.3 is 5.97 Å². The Bertz CT molecular complexity index is 711. The third-order valence-corrected chi connectivity index (χ3v) is 4.99. The van der Waals surface area contributed by atoms with Crippen LogP contribution in [0.25, 0.3) is 0 Å². The highest BCUT2D eigenvalue weighted by atomic mass is 16.5. The van der Waals surface area contributed by atoms with E-state index in [0.717, 1.165) is 5.56 Å². The van der Waals surface area contributed by atoms with Crippen LogP contribution in [0.3, 0.4) is 0 Å². The van der Waals surface area contributed by atoms with Crippen molar-refractivity contribution < 1.29 is 29.0 Å². The van der Waals surface area contributed by atoms with Crippen LogP contribution in [0.15, 0.2) is 18.2 Å². The average Bonchev–Trinajstić information content (AvgIpc) is 2.70. The molecule has 0 saturated heterocycles. The van der Waals surface area contributed by atoms with Crippen molar-refractivity contribution >= 4 is 17.8 Å². The zero-order chi connectivity index (χ0) is 20.7. The lowest BCUT2D eigenvalue weighted by molar-refractivity contribution is -0.144. The number of methoxy groups -OCH3 is 1. The number of carbonyl (C=O) groups excluding carboxylic acids is 2. The molecular weight excluding hydrogens is 364 g/mol. The Hall–Kier alpha value is -2.77. The second-order valence-electron chi connectivity index (χ2n) is 7.17. The first-order valence-electron chi connectivity index (χ1n) is 9.32. The molecule has 0 heterocycles. The Balaban J connectivity index is 1.88. The van der Waals surface area contributed by atoms with Gasteiger partial charge in [-0.1, -0.05) is 6.07 Å². The van der Waals surface area contributed by atoms with E-state index in [9.17, 15) is 14.4 Å². The molecular formula is C20H28N2O6. The van der Waals surface area contributed by atoms with Gasteiger partial charge in [0.1, 0.15) is 0 Å². The van der Waals surface area contributed by atoms with E-state index in [0.29, 0.717) is 43.7 Å². The van der Waals surface area contributed by atoms with Gasteiger partial charge in [-0.15, -0.1) is 0 Å². The van der Waals surface area contributed by atoms with Crippen molar-refractivity contribution in [3.63, 3.8) is 0 Å². The van der Waals surface area contributed by atoms with Crippen LogP contribution in [0.1, 0.15) is 31.2 Å². The number of carboxylic acid groups (broad SMARTS) is 1. The maximum absolute atomic E-state index is 12.4. The fourth-order valence-corrected chi connectivity index (χ4v) is 3.15. The SMILES string of the molecule is COc1cc(CNC(=O)C2CCC(C(=O)O)CC2)ccc1OCC(=O)N(C)C. The van der Waals surface area contributed by atoms with Crippen molar-refractivity contribution in [2.45, 2.75) is 32.2 Å². The lowest BCUT2D eigenvalue weighted by atomic mass is 9.81. The molecule has 1 aromatic rings. The van der Waals surface area contributed by atoms with Gasteiger partial charge in [0.25, 0.3) is 5.91 Å². The van der Waals surface area contributed by atoms with Crippen molar-refractivity contribution in [2.24, 2.45) is 11.8 Å². The van der Waals surface area contributed by atoms with E-state index in [-0.39, 0.29) is 30.3 Å². The number of carbonyl (C=O) groups is 3. The summed E-state index contributed by atoms with van der Waals surface area (Å²) in [5.74, 6) is -0.520. The van der Waals surface area contributed by atoms with Crippen LogP contribution >= 0.6 is 0 Å². The van der Waals surface area contributed by atoms with Gasteiger partial charge in [-0.25, -0.2) is 0 Å². The Kier molecular flexibility index (Phi) is 7.66. The van der Waals surface area contributed by atoms with Crippen LogP contribution in [0.2, 0.25) is 0 Å². The first-order valence-corrected chi connectivity index (χ1v) is 9.32. The number of nitrogens with one attached hydrogen (secondary N) is 1. The molecule has 0 bridgehead atoms. The highest BCUT2D eigenvalue weighted by molar-refractivity contribution is 5.79. The van der Waals surface area contributed by atoms with Gasteiger partial charge in [-0.2, -0.15) is 0 Å². The van der Waals surface area contributed by atoms with E-state index in [2.05, 4.69) is 5.32 Å². The van der Waals surface area contributed by atoms with E-state index >= 15 is 0 Å². The van der Waals surface area contributed by atoms with Crippen molar-refractivity contribution in [3.8, 4) is 11.5 Å². The topological polar surface area (TPSA) is 105 Å². The Morgan fingerprint density at radius 2 is 1.75 bits per heavy atom. The molecule has 0 radical (unpaired) electrons. The molecule has 2 rings (SSSR count). The van der Waals surface area contributed by atoms with E-state index in [1.165, 1.54) is 12.0 Å². The minimum Gasteiger partial charge on any atom is -0.493 e. The van der Waals surface area contributed by atoms with Crippen molar-refractivity contribution in [1.29, 1.82) is 0 Å². The highest BCUT2D eigenvalue weighted by Gasteiger charge is 2.29. The van der Waals surface area contributed by atoms with Crippen LogP contribution in [0, 0.1) is 11.8 Å². The van der Waals surface area contributed by atoms with Gasteiger partial charge in [0.15, 0.2) is 18.1 Å². The van der Waals surface area contributed by atoms with Crippen LogP contribution in [0.5, 0.6) is 11.5 Å². The van der Waals surface area contributed by atoms with E-state index in [1.54, 1.807) is 32.3 Å². The number of amides is 2. The maximum Gasteiger partial charge on any atom is 0.306 e. The number of ether oxygens (including phenoxy) is 2. The van der Waals surface area contributed by atoms with Gasteiger partial charge in [-0.05, 0) is 43.4 Å². The molecule has 0 unspecified atom stereocenters. The van der Waals surface area contributed by atoms with Crippen LogP contribution in [-0.4, -0.2) is 55.6 Å². The summed E-state index contributed by atoms with van der Waals surface area (Å²) in [6, 6.07) is 5.28. The summed E-state index contributed by atoms with van der Waals surface area (Å²) in [4.78, 5) is 36.4. The molecule has 8 nitrogen and oxygen atoms in total. The number of rotatable bonds is 8. The van der Waals surface area contributed by atoms with Gasteiger partial charge in [0, 0.05) is 26.6 Å². The largest absolute Gasteiger partial charge is 0.493 e. The smallest absolute Gasteiger partial charge is 0.306 e. The summed E-state index contributed by atoms with van der Waals surface area (Å²) in [6.45, 7) is 0.253. The normalized spacial score (nSPS) is 18.8. The molecule has 0 aromatic heterocycles. The molecule has 0 spiro atoms. The molecule has 0 aliphatic heterocycles. The molecule has 2 amide bonds. The Labute approximate surface area is 164 Å². The molecule has 8 heteroatoms. The minimum absolute atomic E-state index is 0.0558. The Morgan fingerprint density at radius 3 is 2.32 bits per heavy atom. The van der Waals surface area contributed by atoms with Crippen LogP contribution in [0.4, 0.5) is 0 Å². The molecule has 0 atom stereocenters. The predicted octanol–water partition coefficient (Wildman–Crippen LogP) is 1.67. The van der Waals surface area contributed by atoms with Crippen LogP contribution < -0.4 is 14.8 Å². The summed E-state index contributed by atoms with van der Waals surface area (Å²) in [7, 11) is 4.82. The van der Waals surface area contributed by atoms with Gasteiger partial charge in [0.05, 0.1) is 13.0 Å². The number of hydrogen-bond donors (Lipinski definition) is 2. The molecule has 1 aliphatic rings. The van der Waals surface area contributed by atoms with E-state index in [4.69, 9.17) is 14.6 Å². The molecule has 154 valence electrons. The van der Waals surface area contributed by atoms with Crippen molar-refractivity contribution in [2.75, 3.05) is 27.8 Å². The second-order valence-corrected chi connectivity index (χ2v) is 7.17. The summed E-state index contributed by atoms with van der Waals surface area (Å²) < 4.78 is 10.8. The molecule has 1 fully saturated rings. The molecule has 1 aromatic carbocycles. The first kappa shape index (κ1) is 21.5. The molecule has 2 N–H and O–H groups in total. The van der Waals surface area contributed by atoms with E-state index in [1.807, 2.05) is 0 Å². The summed E-state index contributed by atoms with van der Waals surface area (Å²) in [5.41, 5.74) is 0.843. The van der Waals surface area contributed by atoms with Crippen molar-refractivity contribution in [1.82, 2.24) is 10.2 Å². The molecule has 1 saturated carbocycles. The summed E-state index contributed by atoms with van der Waals surface area (Å²) >= 11 is 0. The first-order chi connectivity index (χ1) is 13.3. The number of benzene rings is 1. The maximum atomic E-state index is 12.4. The summed E-state index contributed by atoms with van der Waals surface area (Å²) in [5, 5.41) is 11.9. The third-order valence-electron chi connectivity index (χ3n) is 4.99. The monoisotopic (exact) mass is 392 g/mol. The molecule has 28 heavy (non-hydrogen) atoms.